The average Bonchev–Trinajstić information content (AvgIpc) is 2.56. The average molecular weight is 283 g/mol. The van der Waals surface area contributed by atoms with E-state index in [2.05, 4.69) is 38.0 Å². The van der Waals surface area contributed by atoms with Crippen LogP contribution in [0.5, 0.6) is 0 Å². The predicted octanol–water partition coefficient (Wildman–Crippen LogP) is 1.26. The quantitative estimate of drug-likeness (QED) is 0.915. The molecule has 0 spiro atoms. The van der Waals surface area contributed by atoms with Crippen molar-refractivity contribution in [2.75, 3.05) is 31.1 Å². The van der Waals surface area contributed by atoms with Gasteiger partial charge in [0.2, 0.25) is 0 Å². The van der Waals surface area contributed by atoms with Crippen molar-refractivity contribution < 1.29 is 0 Å². The topological polar surface area (TPSA) is 58.3 Å². The van der Waals surface area contributed by atoms with E-state index < -0.39 is 0 Å². The normalized spacial score (nSPS) is 16.1. The molecule has 3 heterocycles. The maximum atomic E-state index is 5.64. The summed E-state index contributed by atoms with van der Waals surface area (Å²) in [4.78, 5) is 13.5. The van der Waals surface area contributed by atoms with Gasteiger partial charge in [0, 0.05) is 51.7 Å². The molecule has 0 amide bonds. The van der Waals surface area contributed by atoms with Gasteiger partial charge in [-0.1, -0.05) is 6.07 Å². The van der Waals surface area contributed by atoms with E-state index in [0.717, 1.165) is 44.2 Å². The van der Waals surface area contributed by atoms with Crippen LogP contribution in [0.4, 0.5) is 5.82 Å². The fourth-order valence-electron chi connectivity index (χ4n) is 2.67. The van der Waals surface area contributed by atoms with Gasteiger partial charge in [-0.15, -0.1) is 0 Å². The lowest BCUT2D eigenvalue weighted by Crippen LogP contribution is -2.46. The van der Waals surface area contributed by atoms with E-state index in [1.807, 2.05) is 24.5 Å². The summed E-state index contributed by atoms with van der Waals surface area (Å²) >= 11 is 0. The summed E-state index contributed by atoms with van der Waals surface area (Å²) in [6.45, 7) is 5.61. The zero-order valence-corrected chi connectivity index (χ0v) is 12.2. The van der Waals surface area contributed by atoms with Gasteiger partial charge >= 0.3 is 0 Å². The number of hydrogen-bond acceptors (Lipinski definition) is 5. The number of hydrogen-bond donors (Lipinski definition) is 1. The number of piperazine rings is 1. The van der Waals surface area contributed by atoms with Crippen LogP contribution >= 0.6 is 0 Å². The van der Waals surface area contributed by atoms with Crippen LogP contribution in [0.15, 0.2) is 42.7 Å². The molecule has 0 aromatic carbocycles. The second-order valence-corrected chi connectivity index (χ2v) is 5.31. The molecule has 3 rings (SSSR count). The van der Waals surface area contributed by atoms with E-state index in [1.54, 1.807) is 0 Å². The van der Waals surface area contributed by atoms with Crippen molar-refractivity contribution in [1.82, 2.24) is 14.9 Å². The van der Waals surface area contributed by atoms with Crippen LogP contribution in [0, 0.1) is 0 Å². The summed E-state index contributed by atoms with van der Waals surface area (Å²) in [5.41, 5.74) is 7.89. The summed E-state index contributed by atoms with van der Waals surface area (Å²) in [5.74, 6) is 1.08. The Morgan fingerprint density at radius 3 is 2.57 bits per heavy atom. The van der Waals surface area contributed by atoms with Crippen molar-refractivity contribution in [2.24, 2.45) is 5.73 Å². The molecule has 0 atom stereocenters. The zero-order chi connectivity index (χ0) is 14.5. The molecular formula is C16H21N5. The fraction of sp³-hybridized carbons (Fsp3) is 0.375. The molecule has 0 radical (unpaired) electrons. The highest BCUT2D eigenvalue weighted by atomic mass is 15.3. The molecule has 1 fully saturated rings. The van der Waals surface area contributed by atoms with Crippen LogP contribution in [-0.4, -0.2) is 41.0 Å². The summed E-state index contributed by atoms with van der Waals surface area (Å²) in [6.07, 6.45) is 3.70. The molecule has 1 aliphatic rings. The van der Waals surface area contributed by atoms with E-state index in [-0.39, 0.29) is 0 Å². The first-order valence-electron chi connectivity index (χ1n) is 7.37. The number of aromatic nitrogens is 2. The van der Waals surface area contributed by atoms with Crippen molar-refractivity contribution in [1.29, 1.82) is 0 Å². The SMILES string of the molecule is NCc1cc(CN2CCN(c3ccccn3)CC2)ccn1. The van der Waals surface area contributed by atoms with E-state index in [4.69, 9.17) is 5.73 Å². The van der Waals surface area contributed by atoms with Crippen LogP contribution in [-0.2, 0) is 13.1 Å². The lowest BCUT2D eigenvalue weighted by atomic mass is 10.2. The second-order valence-electron chi connectivity index (χ2n) is 5.31. The molecule has 1 saturated heterocycles. The van der Waals surface area contributed by atoms with Gasteiger partial charge in [0.05, 0.1) is 5.69 Å². The molecular weight excluding hydrogens is 262 g/mol. The minimum Gasteiger partial charge on any atom is -0.354 e. The Labute approximate surface area is 125 Å². The van der Waals surface area contributed by atoms with Crippen LogP contribution in [0.25, 0.3) is 0 Å². The Balaban J connectivity index is 1.56. The molecule has 1 aliphatic heterocycles. The maximum absolute atomic E-state index is 5.64. The minimum atomic E-state index is 0.501. The minimum absolute atomic E-state index is 0.501. The van der Waals surface area contributed by atoms with E-state index in [0.29, 0.717) is 6.54 Å². The third-order valence-electron chi connectivity index (χ3n) is 3.84. The molecule has 21 heavy (non-hydrogen) atoms. The third-order valence-corrected chi connectivity index (χ3v) is 3.84. The number of nitrogens with two attached hydrogens (primary N) is 1. The Morgan fingerprint density at radius 1 is 1.00 bits per heavy atom. The summed E-state index contributed by atoms with van der Waals surface area (Å²) in [6, 6.07) is 10.2. The van der Waals surface area contributed by atoms with Gasteiger partial charge in [-0.2, -0.15) is 0 Å². The van der Waals surface area contributed by atoms with Crippen LogP contribution < -0.4 is 10.6 Å². The standard InChI is InChI=1S/C16H21N5/c17-12-15-11-14(4-6-18-15)13-20-7-9-21(10-8-20)16-3-1-2-5-19-16/h1-6,11H,7-10,12-13,17H2. The van der Waals surface area contributed by atoms with E-state index >= 15 is 0 Å². The molecule has 0 unspecified atom stereocenters. The van der Waals surface area contributed by atoms with Crippen molar-refractivity contribution in [3.8, 4) is 0 Å². The van der Waals surface area contributed by atoms with Crippen LogP contribution in [0.2, 0.25) is 0 Å². The molecule has 2 aromatic heterocycles. The molecule has 0 aliphatic carbocycles. The van der Waals surface area contributed by atoms with Gasteiger partial charge in [-0.3, -0.25) is 9.88 Å². The first-order chi connectivity index (χ1) is 10.3. The van der Waals surface area contributed by atoms with Gasteiger partial charge in [-0.05, 0) is 29.8 Å². The van der Waals surface area contributed by atoms with Crippen molar-refractivity contribution in [2.45, 2.75) is 13.1 Å². The first kappa shape index (κ1) is 14.0. The van der Waals surface area contributed by atoms with E-state index in [1.165, 1.54) is 5.56 Å². The molecule has 110 valence electrons. The lowest BCUT2D eigenvalue weighted by molar-refractivity contribution is 0.249. The number of pyridine rings is 2. The predicted molar refractivity (Wildman–Crippen MR) is 83.9 cm³/mol. The second kappa shape index (κ2) is 6.65. The van der Waals surface area contributed by atoms with Gasteiger partial charge in [0.15, 0.2) is 0 Å². The van der Waals surface area contributed by atoms with Crippen molar-refractivity contribution in [3.63, 3.8) is 0 Å². The van der Waals surface area contributed by atoms with Gasteiger partial charge in [0.25, 0.3) is 0 Å². The summed E-state index contributed by atoms with van der Waals surface area (Å²) < 4.78 is 0. The number of anilines is 1. The summed E-state index contributed by atoms with van der Waals surface area (Å²) in [5, 5.41) is 0. The Hall–Kier alpha value is -1.98. The first-order valence-corrected chi connectivity index (χ1v) is 7.37. The van der Waals surface area contributed by atoms with Crippen LogP contribution in [0.1, 0.15) is 11.3 Å². The molecule has 5 nitrogen and oxygen atoms in total. The Bertz CT molecular complexity index is 564. The van der Waals surface area contributed by atoms with Gasteiger partial charge < -0.3 is 10.6 Å². The monoisotopic (exact) mass is 283 g/mol. The third kappa shape index (κ3) is 3.56. The smallest absolute Gasteiger partial charge is 0.128 e. The molecule has 0 bridgehead atoms. The van der Waals surface area contributed by atoms with Gasteiger partial charge in [-0.25, -0.2) is 4.98 Å². The highest BCUT2D eigenvalue weighted by Crippen LogP contribution is 2.14. The molecule has 5 heteroatoms. The van der Waals surface area contributed by atoms with Crippen molar-refractivity contribution in [3.05, 3.63) is 54.0 Å². The fourth-order valence-corrected chi connectivity index (χ4v) is 2.67. The number of rotatable bonds is 4. The van der Waals surface area contributed by atoms with Crippen LogP contribution in [0.3, 0.4) is 0 Å². The van der Waals surface area contributed by atoms with Crippen molar-refractivity contribution >= 4 is 5.82 Å². The van der Waals surface area contributed by atoms with E-state index in [9.17, 15) is 0 Å². The largest absolute Gasteiger partial charge is 0.354 e. The number of nitrogens with zero attached hydrogens (tertiary/aromatic N) is 4. The lowest BCUT2D eigenvalue weighted by Gasteiger charge is -2.35. The highest BCUT2D eigenvalue weighted by Gasteiger charge is 2.17. The Kier molecular flexibility index (Phi) is 4.43. The molecule has 2 N–H and O–H groups in total. The van der Waals surface area contributed by atoms with Gasteiger partial charge in [0.1, 0.15) is 5.82 Å². The highest BCUT2D eigenvalue weighted by molar-refractivity contribution is 5.38. The Morgan fingerprint density at radius 2 is 1.86 bits per heavy atom. The molecule has 2 aromatic rings. The molecule has 0 saturated carbocycles. The summed E-state index contributed by atoms with van der Waals surface area (Å²) in [7, 11) is 0. The maximum Gasteiger partial charge on any atom is 0.128 e. The zero-order valence-electron chi connectivity index (χ0n) is 12.2.